The van der Waals surface area contributed by atoms with Crippen molar-refractivity contribution in [3.63, 3.8) is 0 Å². The minimum Gasteiger partial charge on any atom is -0.330 e. The number of aromatic nitrogens is 2. The summed E-state index contributed by atoms with van der Waals surface area (Å²) >= 11 is 0. The first kappa shape index (κ1) is 9.21. The van der Waals surface area contributed by atoms with Crippen LogP contribution in [0.25, 0.3) is 5.52 Å². The average Bonchev–Trinajstić information content (AvgIpc) is 2.53. The highest BCUT2D eigenvalue weighted by Gasteiger charge is 2.13. The van der Waals surface area contributed by atoms with Crippen LogP contribution in [-0.4, -0.2) is 16.2 Å². The minimum absolute atomic E-state index is 0.370. The van der Waals surface area contributed by atoms with E-state index in [9.17, 15) is 0 Å². The average molecular weight is 189 g/mol. The van der Waals surface area contributed by atoms with Gasteiger partial charge in [-0.2, -0.15) is 5.10 Å². The van der Waals surface area contributed by atoms with Crippen LogP contribution in [0.15, 0.2) is 24.4 Å². The van der Waals surface area contributed by atoms with Crippen LogP contribution in [0, 0.1) is 6.92 Å². The van der Waals surface area contributed by atoms with Crippen molar-refractivity contribution in [1.82, 2.24) is 9.61 Å². The summed E-state index contributed by atoms with van der Waals surface area (Å²) in [6, 6.07) is 6.10. The molecule has 1 atom stereocenters. The zero-order valence-corrected chi connectivity index (χ0v) is 8.57. The molecular formula is C11H15N3. The fraction of sp³-hybridized carbons (Fsp3) is 0.364. The van der Waals surface area contributed by atoms with Gasteiger partial charge < -0.3 is 5.73 Å². The van der Waals surface area contributed by atoms with Crippen LogP contribution in [0.2, 0.25) is 0 Å². The smallest absolute Gasteiger partial charge is 0.0699 e. The van der Waals surface area contributed by atoms with E-state index in [2.05, 4.69) is 18.1 Å². The van der Waals surface area contributed by atoms with E-state index in [0.717, 1.165) is 5.69 Å². The molecule has 74 valence electrons. The van der Waals surface area contributed by atoms with Crippen LogP contribution in [0.3, 0.4) is 0 Å². The molecule has 2 N–H and O–H groups in total. The Morgan fingerprint density at radius 1 is 1.50 bits per heavy atom. The van der Waals surface area contributed by atoms with Crippen LogP contribution < -0.4 is 5.73 Å². The van der Waals surface area contributed by atoms with Crippen molar-refractivity contribution in [1.29, 1.82) is 0 Å². The van der Waals surface area contributed by atoms with Gasteiger partial charge in [0.1, 0.15) is 0 Å². The van der Waals surface area contributed by atoms with Gasteiger partial charge in [-0.3, -0.25) is 0 Å². The van der Waals surface area contributed by atoms with Crippen LogP contribution >= 0.6 is 0 Å². The van der Waals surface area contributed by atoms with E-state index in [0.29, 0.717) is 12.5 Å². The van der Waals surface area contributed by atoms with Crippen molar-refractivity contribution in [3.8, 4) is 0 Å². The molecular weight excluding hydrogens is 174 g/mol. The Kier molecular flexibility index (Phi) is 2.25. The monoisotopic (exact) mass is 189 g/mol. The van der Waals surface area contributed by atoms with Gasteiger partial charge in [0.15, 0.2) is 0 Å². The van der Waals surface area contributed by atoms with E-state index in [1.807, 2.05) is 29.8 Å². The van der Waals surface area contributed by atoms with Gasteiger partial charge in [0.05, 0.1) is 11.2 Å². The first-order chi connectivity index (χ1) is 6.74. The van der Waals surface area contributed by atoms with Gasteiger partial charge in [-0.1, -0.05) is 13.0 Å². The van der Waals surface area contributed by atoms with Crippen molar-refractivity contribution >= 4 is 5.52 Å². The van der Waals surface area contributed by atoms with Crippen LogP contribution in [0.1, 0.15) is 24.1 Å². The maximum atomic E-state index is 5.69. The minimum atomic E-state index is 0.370. The van der Waals surface area contributed by atoms with E-state index >= 15 is 0 Å². The third kappa shape index (κ3) is 1.30. The lowest BCUT2D eigenvalue weighted by atomic mass is 10.0. The van der Waals surface area contributed by atoms with E-state index in [4.69, 9.17) is 5.73 Å². The van der Waals surface area contributed by atoms with Gasteiger partial charge in [-0.15, -0.1) is 0 Å². The second-order valence-corrected chi connectivity index (χ2v) is 3.67. The van der Waals surface area contributed by atoms with Crippen LogP contribution in [-0.2, 0) is 0 Å². The van der Waals surface area contributed by atoms with E-state index < -0.39 is 0 Å². The summed E-state index contributed by atoms with van der Waals surface area (Å²) in [5.41, 5.74) is 9.20. The molecule has 2 rings (SSSR count). The highest BCUT2D eigenvalue weighted by atomic mass is 15.2. The number of aryl methyl sites for hydroxylation is 1. The van der Waals surface area contributed by atoms with Gasteiger partial charge in [-0.25, -0.2) is 4.52 Å². The molecule has 3 heteroatoms. The molecule has 0 saturated carbocycles. The molecule has 2 heterocycles. The van der Waals surface area contributed by atoms with Gasteiger partial charge >= 0.3 is 0 Å². The third-order valence-corrected chi connectivity index (χ3v) is 2.61. The summed E-state index contributed by atoms with van der Waals surface area (Å²) in [6.07, 6.45) is 1.97. The zero-order valence-electron chi connectivity index (χ0n) is 8.57. The summed E-state index contributed by atoms with van der Waals surface area (Å²) in [4.78, 5) is 0. The Bertz CT molecular complexity index is 445. The third-order valence-electron chi connectivity index (χ3n) is 2.61. The lowest BCUT2D eigenvalue weighted by molar-refractivity contribution is 0.773. The van der Waals surface area contributed by atoms with Gasteiger partial charge in [0.25, 0.3) is 0 Å². The quantitative estimate of drug-likeness (QED) is 0.781. The predicted octanol–water partition coefficient (Wildman–Crippen LogP) is 1.70. The summed E-state index contributed by atoms with van der Waals surface area (Å²) in [7, 11) is 0. The molecule has 0 amide bonds. The Balaban J connectivity index is 2.67. The van der Waals surface area contributed by atoms with Crippen molar-refractivity contribution in [3.05, 3.63) is 35.7 Å². The molecule has 0 radical (unpaired) electrons. The van der Waals surface area contributed by atoms with Gasteiger partial charge in [-0.05, 0) is 31.5 Å². The molecule has 0 spiro atoms. The van der Waals surface area contributed by atoms with Crippen LogP contribution in [0.5, 0.6) is 0 Å². The Morgan fingerprint density at radius 2 is 2.29 bits per heavy atom. The van der Waals surface area contributed by atoms with Crippen molar-refractivity contribution < 1.29 is 0 Å². The Morgan fingerprint density at radius 3 is 3.00 bits per heavy atom. The molecule has 0 saturated heterocycles. The number of hydrogen-bond acceptors (Lipinski definition) is 2. The number of hydrogen-bond donors (Lipinski definition) is 1. The number of nitrogens with two attached hydrogens (primary N) is 1. The molecule has 0 aliphatic heterocycles. The number of pyridine rings is 1. The summed E-state index contributed by atoms with van der Waals surface area (Å²) in [5.74, 6) is 0.370. The second kappa shape index (κ2) is 3.42. The van der Waals surface area contributed by atoms with Crippen molar-refractivity contribution in [2.75, 3.05) is 6.54 Å². The number of fused-ring (bicyclic) bond motifs is 1. The fourth-order valence-corrected chi connectivity index (χ4v) is 1.86. The van der Waals surface area contributed by atoms with E-state index in [-0.39, 0.29) is 0 Å². The molecule has 3 nitrogen and oxygen atoms in total. The molecule has 0 aliphatic carbocycles. The SMILES string of the molecule is Cc1nn2ccccc2c1C(C)CN. The zero-order chi connectivity index (χ0) is 10.1. The maximum Gasteiger partial charge on any atom is 0.0699 e. The van der Waals surface area contributed by atoms with Crippen molar-refractivity contribution in [2.24, 2.45) is 5.73 Å². The first-order valence-electron chi connectivity index (χ1n) is 4.88. The summed E-state index contributed by atoms with van der Waals surface area (Å²) < 4.78 is 1.91. The summed E-state index contributed by atoms with van der Waals surface area (Å²) in [6.45, 7) is 4.84. The van der Waals surface area contributed by atoms with Crippen molar-refractivity contribution in [2.45, 2.75) is 19.8 Å². The second-order valence-electron chi connectivity index (χ2n) is 3.67. The fourth-order valence-electron chi connectivity index (χ4n) is 1.86. The number of nitrogens with zero attached hydrogens (tertiary/aromatic N) is 2. The van der Waals surface area contributed by atoms with Crippen LogP contribution in [0.4, 0.5) is 0 Å². The lowest BCUT2D eigenvalue weighted by Crippen LogP contribution is -2.09. The molecule has 2 aromatic heterocycles. The molecule has 0 aliphatic rings. The first-order valence-corrected chi connectivity index (χ1v) is 4.88. The van der Waals surface area contributed by atoms with Gasteiger partial charge in [0.2, 0.25) is 0 Å². The molecule has 0 aromatic carbocycles. The molecule has 2 aromatic rings. The Labute approximate surface area is 83.5 Å². The highest BCUT2D eigenvalue weighted by Crippen LogP contribution is 2.23. The topological polar surface area (TPSA) is 43.3 Å². The van der Waals surface area contributed by atoms with E-state index in [1.165, 1.54) is 11.1 Å². The molecule has 14 heavy (non-hydrogen) atoms. The summed E-state index contributed by atoms with van der Waals surface area (Å²) in [5, 5.41) is 4.44. The Hall–Kier alpha value is -1.35. The normalized spacial score (nSPS) is 13.4. The lowest BCUT2D eigenvalue weighted by Gasteiger charge is -2.07. The van der Waals surface area contributed by atoms with Gasteiger partial charge in [0, 0.05) is 11.8 Å². The molecule has 0 fully saturated rings. The van der Waals surface area contributed by atoms with E-state index in [1.54, 1.807) is 0 Å². The maximum absolute atomic E-state index is 5.69. The molecule has 1 unspecified atom stereocenters. The largest absolute Gasteiger partial charge is 0.330 e. The molecule has 0 bridgehead atoms. The predicted molar refractivity (Wildman–Crippen MR) is 57.4 cm³/mol. The highest BCUT2D eigenvalue weighted by molar-refractivity contribution is 5.57. The number of rotatable bonds is 2. The standard InChI is InChI=1S/C11H15N3/c1-8(7-12)11-9(2)13-14-6-4-3-5-10(11)14/h3-6,8H,7,12H2,1-2H3.